The summed E-state index contributed by atoms with van der Waals surface area (Å²) in [6.07, 6.45) is 2.95. The third-order valence-corrected chi connectivity index (χ3v) is 4.39. The van der Waals surface area contributed by atoms with Crippen LogP contribution in [0.4, 0.5) is 8.78 Å². The van der Waals surface area contributed by atoms with E-state index in [-0.39, 0.29) is 11.6 Å². The van der Waals surface area contributed by atoms with E-state index >= 15 is 0 Å². The van der Waals surface area contributed by atoms with Gasteiger partial charge in [0.1, 0.15) is 11.7 Å². The molecule has 2 aliphatic heterocycles. The Bertz CT molecular complexity index is 714. The zero-order chi connectivity index (χ0) is 15.9. The first-order valence-electron chi connectivity index (χ1n) is 7.75. The summed E-state index contributed by atoms with van der Waals surface area (Å²) >= 11 is 0. The number of benzene rings is 1. The van der Waals surface area contributed by atoms with Gasteiger partial charge >= 0.3 is 0 Å². The van der Waals surface area contributed by atoms with Crippen LogP contribution in [0.5, 0.6) is 0 Å². The van der Waals surface area contributed by atoms with Gasteiger partial charge in [-0.2, -0.15) is 0 Å². The van der Waals surface area contributed by atoms with Gasteiger partial charge in [0, 0.05) is 16.8 Å². The monoisotopic (exact) mass is 302 g/mol. The van der Waals surface area contributed by atoms with E-state index in [0.29, 0.717) is 23.4 Å². The Hall–Kier alpha value is -1.97. The Labute approximate surface area is 129 Å². The molecule has 0 unspecified atom stereocenters. The molecule has 2 heterocycles. The van der Waals surface area contributed by atoms with Crippen molar-refractivity contribution in [3.63, 3.8) is 0 Å². The van der Waals surface area contributed by atoms with Crippen LogP contribution >= 0.6 is 0 Å². The number of rotatable bonds is 3. The van der Waals surface area contributed by atoms with Gasteiger partial charge in [-0.25, -0.2) is 13.8 Å². The normalized spacial score (nSPS) is 17.5. The van der Waals surface area contributed by atoms with Crippen molar-refractivity contribution < 1.29 is 8.78 Å². The number of hydrogen-bond acceptors (Lipinski definition) is 2. The molecule has 0 spiro atoms. The topological polar surface area (TPSA) is 15.6 Å². The standard InChI is InChI=1S/C18H20F2N2/c1-4-5-9-16-11(2)18-17(20)13-7-6-8-15(19)14(13)10-22(18)12(3)21-16/h6-8H,4-5,9-10H2,1-3H3. The van der Waals surface area contributed by atoms with E-state index in [2.05, 4.69) is 11.9 Å². The first-order chi connectivity index (χ1) is 10.5. The summed E-state index contributed by atoms with van der Waals surface area (Å²) in [5.74, 6) is 0.0233. The van der Waals surface area contributed by atoms with Gasteiger partial charge in [-0.1, -0.05) is 25.5 Å². The molecule has 0 bridgehead atoms. The van der Waals surface area contributed by atoms with Crippen LogP contribution in [0.1, 0.15) is 51.2 Å². The third-order valence-electron chi connectivity index (χ3n) is 4.39. The zero-order valence-corrected chi connectivity index (χ0v) is 13.2. The maximum absolute atomic E-state index is 15.0. The van der Waals surface area contributed by atoms with E-state index in [1.165, 1.54) is 6.07 Å². The fraction of sp³-hybridized carbons (Fsp3) is 0.389. The highest BCUT2D eigenvalue weighted by molar-refractivity contribution is 5.89. The van der Waals surface area contributed by atoms with Crippen LogP contribution in [0.25, 0.3) is 5.83 Å². The van der Waals surface area contributed by atoms with E-state index in [4.69, 9.17) is 0 Å². The molecule has 0 amide bonds. The minimum Gasteiger partial charge on any atom is -0.323 e. The zero-order valence-electron chi connectivity index (χ0n) is 13.2. The highest BCUT2D eigenvalue weighted by Gasteiger charge is 2.32. The molecule has 0 aromatic heterocycles. The van der Waals surface area contributed by atoms with Gasteiger partial charge in [0.25, 0.3) is 0 Å². The lowest BCUT2D eigenvalue weighted by molar-refractivity contribution is 0.459. The Morgan fingerprint density at radius 3 is 2.73 bits per heavy atom. The summed E-state index contributed by atoms with van der Waals surface area (Å²) in [5.41, 5.74) is 3.14. The van der Waals surface area contributed by atoms with Crippen LogP contribution in [-0.2, 0) is 6.54 Å². The highest BCUT2D eigenvalue weighted by atomic mass is 19.1. The molecule has 22 heavy (non-hydrogen) atoms. The van der Waals surface area contributed by atoms with Crippen LogP contribution in [-0.4, -0.2) is 10.7 Å². The number of amidine groups is 1. The Balaban J connectivity index is 2.15. The van der Waals surface area contributed by atoms with E-state index < -0.39 is 0 Å². The predicted octanol–water partition coefficient (Wildman–Crippen LogP) is 5.18. The third kappa shape index (κ3) is 2.27. The number of unbranched alkanes of at least 4 members (excludes halogenated alkanes) is 1. The molecule has 2 aliphatic rings. The Kier molecular flexibility index (Phi) is 3.85. The molecule has 2 nitrogen and oxygen atoms in total. The average Bonchev–Trinajstić information content (AvgIpc) is 2.50. The summed E-state index contributed by atoms with van der Waals surface area (Å²) in [7, 11) is 0. The molecule has 0 fully saturated rings. The van der Waals surface area contributed by atoms with Gasteiger partial charge in [0.2, 0.25) is 0 Å². The second-order valence-corrected chi connectivity index (χ2v) is 5.85. The van der Waals surface area contributed by atoms with Gasteiger partial charge in [-0.15, -0.1) is 0 Å². The van der Waals surface area contributed by atoms with Gasteiger partial charge in [0.05, 0.1) is 12.2 Å². The summed E-state index contributed by atoms with van der Waals surface area (Å²) in [6, 6.07) is 4.59. The highest BCUT2D eigenvalue weighted by Crippen LogP contribution is 2.40. The molecular formula is C18H20F2N2. The number of fused-ring (bicyclic) bond motifs is 2. The molecule has 116 valence electrons. The molecule has 1 aromatic carbocycles. The van der Waals surface area contributed by atoms with Crippen molar-refractivity contribution in [2.24, 2.45) is 4.99 Å². The number of hydrogen-bond donors (Lipinski definition) is 0. The molecule has 0 radical (unpaired) electrons. The largest absolute Gasteiger partial charge is 0.323 e. The fourth-order valence-electron chi connectivity index (χ4n) is 3.12. The van der Waals surface area contributed by atoms with Crippen molar-refractivity contribution in [1.82, 2.24) is 4.90 Å². The average molecular weight is 302 g/mol. The van der Waals surface area contributed by atoms with Gasteiger partial charge < -0.3 is 4.90 Å². The van der Waals surface area contributed by atoms with Gasteiger partial charge in [-0.3, -0.25) is 0 Å². The molecule has 1 aromatic rings. The maximum atomic E-state index is 15.0. The molecule has 4 heteroatoms. The predicted molar refractivity (Wildman–Crippen MR) is 85.3 cm³/mol. The second kappa shape index (κ2) is 5.67. The molecule has 3 rings (SSSR count). The van der Waals surface area contributed by atoms with Crippen LogP contribution in [0.15, 0.2) is 40.2 Å². The van der Waals surface area contributed by atoms with Gasteiger partial charge in [0.15, 0.2) is 5.83 Å². The summed E-state index contributed by atoms with van der Waals surface area (Å²) in [5, 5.41) is 0. The molecule has 0 N–H and O–H groups in total. The number of nitrogens with zero attached hydrogens (tertiary/aromatic N) is 2. The lowest BCUT2D eigenvalue weighted by Crippen LogP contribution is -2.35. The Morgan fingerprint density at radius 2 is 2.00 bits per heavy atom. The lowest BCUT2D eigenvalue weighted by Gasteiger charge is -2.36. The van der Waals surface area contributed by atoms with Crippen LogP contribution in [0.3, 0.4) is 0 Å². The number of halogens is 2. The summed E-state index contributed by atoms with van der Waals surface area (Å²) in [6.45, 7) is 6.23. The minimum atomic E-state index is -0.363. The molecule has 0 saturated carbocycles. The van der Waals surface area contributed by atoms with Crippen molar-refractivity contribution in [1.29, 1.82) is 0 Å². The minimum absolute atomic E-state index is 0.332. The van der Waals surface area contributed by atoms with E-state index in [9.17, 15) is 8.78 Å². The molecular weight excluding hydrogens is 282 g/mol. The molecule has 0 aliphatic carbocycles. The smallest absolute Gasteiger partial charge is 0.154 e. The maximum Gasteiger partial charge on any atom is 0.154 e. The van der Waals surface area contributed by atoms with Crippen LogP contribution < -0.4 is 0 Å². The van der Waals surface area contributed by atoms with Crippen molar-refractivity contribution >= 4 is 11.7 Å². The van der Waals surface area contributed by atoms with Gasteiger partial charge in [-0.05, 0) is 38.3 Å². The van der Waals surface area contributed by atoms with E-state index in [0.717, 1.165) is 36.4 Å². The van der Waals surface area contributed by atoms with Crippen LogP contribution in [0.2, 0.25) is 0 Å². The number of aliphatic imine (C=N–C) groups is 1. The first-order valence-corrected chi connectivity index (χ1v) is 7.75. The number of allylic oxidation sites excluding steroid dienone is 2. The quantitative estimate of drug-likeness (QED) is 0.751. The van der Waals surface area contributed by atoms with Crippen molar-refractivity contribution in [2.45, 2.75) is 46.6 Å². The Morgan fingerprint density at radius 1 is 1.23 bits per heavy atom. The fourth-order valence-corrected chi connectivity index (χ4v) is 3.12. The SMILES string of the molecule is CCCCC1=C(C)C2=C(F)c3cccc(F)c3CN2C(C)=N1. The lowest BCUT2D eigenvalue weighted by atomic mass is 9.94. The first kappa shape index (κ1) is 14.9. The second-order valence-electron chi connectivity index (χ2n) is 5.85. The van der Waals surface area contributed by atoms with Crippen LogP contribution in [0, 0.1) is 5.82 Å². The van der Waals surface area contributed by atoms with Crippen molar-refractivity contribution in [3.05, 3.63) is 52.1 Å². The van der Waals surface area contributed by atoms with E-state index in [1.54, 1.807) is 17.0 Å². The van der Waals surface area contributed by atoms with Crippen molar-refractivity contribution in [3.8, 4) is 0 Å². The van der Waals surface area contributed by atoms with E-state index in [1.807, 2.05) is 13.8 Å². The summed E-state index contributed by atoms with van der Waals surface area (Å²) in [4.78, 5) is 6.40. The van der Waals surface area contributed by atoms with Crippen molar-refractivity contribution in [2.75, 3.05) is 0 Å². The summed E-state index contributed by atoms with van der Waals surface area (Å²) < 4.78 is 29.0. The molecule has 0 saturated heterocycles. The molecule has 0 atom stereocenters.